The molecule has 0 aliphatic heterocycles. The van der Waals surface area contributed by atoms with Crippen LogP contribution in [-0.4, -0.2) is 27.6 Å². The van der Waals surface area contributed by atoms with Crippen molar-refractivity contribution >= 4 is 11.0 Å². The summed E-state index contributed by atoms with van der Waals surface area (Å²) < 4.78 is 2.30. The molecule has 0 bridgehead atoms. The second kappa shape index (κ2) is 5.27. The highest BCUT2D eigenvalue weighted by atomic mass is 15.1. The Morgan fingerprint density at radius 2 is 2.24 bits per heavy atom. The van der Waals surface area contributed by atoms with Gasteiger partial charge in [0.1, 0.15) is 11.3 Å². The smallest absolute Gasteiger partial charge is 0.111 e. The average Bonchev–Trinajstić information content (AvgIpc) is 2.67. The van der Waals surface area contributed by atoms with Crippen LogP contribution in [0.5, 0.6) is 0 Å². The number of pyridine rings is 1. The minimum absolute atomic E-state index is 0.430. The maximum Gasteiger partial charge on any atom is 0.111 e. The predicted octanol–water partition coefficient (Wildman–Crippen LogP) is 2.16. The van der Waals surface area contributed by atoms with Gasteiger partial charge in [0.15, 0.2) is 0 Å². The molecule has 0 spiro atoms. The van der Waals surface area contributed by atoms with E-state index in [1.807, 2.05) is 18.5 Å². The molecule has 0 saturated heterocycles. The Bertz CT molecular complexity index is 487. The van der Waals surface area contributed by atoms with E-state index in [0.29, 0.717) is 6.04 Å². The summed E-state index contributed by atoms with van der Waals surface area (Å²) in [6.07, 6.45) is 4.63. The number of hydrogen-bond acceptors (Lipinski definition) is 3. The van der Waals surface area contributed by atoms with Crippen LogP contribution in [-0.2, 0) is 6.42 Å². The van der Waals surface area contributed by atoms with E-state index in [2.05, 4.69) is 40.6 Å². The first kappa shape index (κ1) is 12.0. The first-order valence-corrected chi connectivity index (χ1v) is 6.25. The Morgan fingerprint density at radius 1 is 1.41 bits per heavy atom. The summed E-state index contributed by atoms with van der Waals surface area (Å²) in [5.74, 6) is 1.14. The van der Waals surface area contributed by atoms with Crippen molar-refractivity contribution < 1.29 is 0 Å². The van der Waals surface area contributed by atoms with Crippen LogP contribution in [0, 0.1) is 0 Å². The zero-order valence-electron chi connectivity index (χ0n) is 10.8. The Kier molecular flexibility index (Phi) is 3.74. The van der Waals surface area contributed by atoms with Gasteiger partial charge in [-0.25, -0.2) is 4.98 Å². The molecule has 1 N–H and O–H groups in total. The summed E-state index contributed by atoms with van der Waals surface area (Å²) in [5, 5.41) is 3.34. The third-order valence-electron chi connectivity index (χ3n) is 2.86. The normalized spacial score (nSPS) is 11.5. The highest BCUT2D eigenvalue weighted by molar-refractivity contribution is 5.74. The molecule has 2 aromatic heterocycles. The Labute approximate surface area is 102 Å². The third kappa shape index (κ3) is 2.47. The molecular weight excluding hydrogens is 212 g/mol. The quantitative estimate of drug-likeness (QED) is 0.803. The van der Waals surface area contributed by atoms with Crippen LogP contribution in [0.4, 0.5) is 0 Å². The first-order valence-electron chi connectivity index (χ1n) is 6.25. The zero-order valence-corrected chi connectivity index (χ0v) is 10.8. The fourth-order valence-corrected chi connectivity index (χ4v) is 2.13. The van der Waals surface area contributed by atoms with E-state index in [1.54, 1.807) is 0 Å². The minimum atomic E-state index is 0.430. The van der Waals surface area contributed by atoms with Gasteiger partial charge in [-0.1, -0.05) is 6.92 Å². The van der Waals surface area contributed by atoms with Crippen molar-refractivity contribution in [1.29, 1.82) is 0 Å². The number of fused-ring (bicyclic) bond motifs is 1. The van der Waals surface area contributed by atoms with Crippen molar-refractivity contribution in [2.45, 2.75) is 33.2 Å². The van der Waals surface area contributed by atoms with Crippen LogP contribution in [0.1, 0.15) is 32.6 Å². The molecule has 0 aromatic carbocycles. The molecule has 4 heteroatoms. The lowest BCUT2D eigenvalue weighted by Crippen LogP contribution is -2.18. The van der Waals surface area contributed by atoms with Crippen LogP contribution >= 0.6 is 0 Å². The number of imidazole rings is 1. The maximum absolute atomic E-state index is 4.67. The van der Waals surface area contributed by atoms with Crippen molar-refractivity contribution in [3.8, 4) is 0 Å². The van der Waals surface area contributed by atoms with Gasteiger partial charge >= 0.3 is 0 Å². The molecule has 0 saturated carbocycles. The minimum Gasteiger partial charge on any atom is -0.325 e. The number of hydrogen-bond donors (Lipinski definition) is 1. The van der Waals surface area contributed by atoms with Gasteiger partial charge in [-0.3, -0.25) is 4.98 Å². The summed E-state index contributed by atoms with van der Waals surface area (Å²) in [5.41, 5.74) is 2.18. The van der Waals surface area contributed by atoms with Crippen LogP contribution in [0.25, 0.3) is 11.0 Å². The standard InChI is InChI=1S/C13H20N4/c1-4-14-8-6-13-16-11-9-15-7-5-12(11)17(13)10(2)3/h5,7,9-10,14H,4,6,8H2,1-3H3. The van der Waals surface area contributed by atoms with Crippen molar-refractivity contribution in [2.75, 3.05) is 13.1 Å². The molecule has 0 unspecified atom stereocenters. The van der Waals surface area contributed by atoms with E-state index < -0.39 is 0 Å². The molecule has 17 heavy (non-hydrogen) atoms. The lowest BCUT2D eigenvalue weighted by molar-refractivity contribution is 0.572. The number of rotatable bonds is 5. The molecule has 4 nitrogen and oxygen atoms in total. The number of likely N-dealkylation sites (N-methyl/N-ethyl adjacent to an activating group) is 1. The van der Waals surface area contributed by atoms with Crippen molar-refractivity contribution in [2.24, 2.45) is 0 Å². The molecule has 92 valence electrons. The van der Waals surface area contributed by atoms with Crippen LogP contribution in [0.2, 0.25) is 0 Å². The van der Waals surface area contributed by atoms with E-state index in [9.17, 15) is 0 Å². The topological polar surface area (TPSA) is 42.7 Å². The average molecular weight is 232 g/mol. The van der Waals surface area contributed by atoms with Gasteiger partial charge in [-0.05, 0) is 26.5 Å². The van der Waals surface area contributed by atoms with Gasteiger partial charge in [0.25, 0.3) is 0 Å². The summed E-state index contributed by atoms with van der Waals surface area (Å²) in [7, 11) is 0. The molecule has 0 amide bonds. The van der Waals surface area contributed by atoms with E-state index >= 15 is 0 Å². The molecule has 2 rings (SSSR count). The van der Waals surface area contributed by atoms with Crippen LogP contribution in [0.15, 0.2) is 18.5 Å². The number of nitrogens with zero attached hydrogens (tertiary/aromatic N) is 3. The predicted molar refractivity (Wildman–Crippen MR) is 70.2 cm³/mol. The Hall–Kier alpha value is -1.42. The summed E-state index contributed by atoms with van der Waals surface area (Å²) in [6, 6.07) is 2.47. The van der Waals surface area contributed by atoms with Crippen molar-refractivity contribution in [3.05, 3.63) is 24.3 Å². The highest BCUT2D eigenvalue weighted by Crippen LogP contribution is 2.20. The summed E-state index contributed by atoms with van der Waals surface area (Å²) in [4.78, 5) is 8.80. The van der Waals surface area contributed by atoms with E-state index in [-0.39, 0.29) is 0 Å². The van der Waals surface area contributed by atoms with E-state index in [4.69, 9.17) is 0 Å². The Balaban J connectivity index is 2.36. The SMILES string of the molecule is CCNCCc1nc2cnccc2n1C(C)C. The first-order chi connectivity index (χ1) is 8.24. The van der Waals surface area contributed by atoms with Crippen LogP contribution in [0.3, 0.4) is 0 Å². The number of aromatic nitrogens is 3. The van der Waals surface area contributed by atoms with Gasteiger partial charge in [0.2, 0.25) is 0 Å². The lowest BCUT2D eigenvalue weighted by Gasteiger charge is -2.12. The van der Waals surface area contributed by atoms with Gasteiger partial charge in [0.05, 0.1) is 11.7 Å². The van der Waals surface area contributed by atoms with Gasteiger partial charge < -0.3 is 9.88 Å². The van der Waals surface area contributed by atoms with Gasteiger partial charge in [-0.15, -0.1) is 0 Å². The van der Waals surface area contributed by atoms with Crippen molar-refractivity contribution in [1.82, 2.24) is 19.9 Å². The lowest BCUT2D eigenvalue weighted by atomic mass is 10.3. The maximum atomic E-state index is 4.67. The second-order valence-corrected chi connectivity index (χ2v) is 4.46. The molecule has 0 radical (unpaired) electrons. The van der Waals surface area contributed by atoms with E-state index in [1.165, 1.54) is 5.52 Å². The summed E-state index contributed by atoms with van der Waals surface area (Å²) in [6.45, 7) is 8.48. The third-order valence-corrected chi connectivity index (χ3v) is 2.86. The molecule has 2 heterocycles. The van der Waals surface area contributed by atoms with Gasteiger partial charge in [0, 0.05) is 25.2 Å². The van der Waals surface area contributed by atoms with Crippen molar-refractivity contribution in [3.63, 3.8) is 0 Å². The number of nitrogens with one attached hydrogen (secondary N) is 1. The fraction of sp³-hybridized carbons (Fsp3) is 0.538. The molecular formula is C13H20N4. The molecule has 0 aliphatic carbocycles. The molecule has 0 atom stereocenters. The van der Waals surface area contributed by atoms with E-state index in [0.717, 1.165) is 30.9 Å². The highest BCUT2D eigenvalue weighted by Gasteiger charge is 2.12. The largest absolute Gasteiger partial charge is 0.325 e. The van der Waals surface area contributed by atoms with Crippen LogP contribution < -0.4 is 5.32 Å². The fourth-order valence-electron chi connectivity index (χ4n) is 2.13. The molecule has 2 aromatic rings. The Morgan fingerprint density at radius 3 is 2.94 bits per heavy atom. The molecule has 0 fully saturated rings. The second-order valence-electron chi connectivity index (χ2n) is 4.46. The summed E-state index contributed by atoms with van der Waals surface area (Å²) >= 11 is 0. The monoisotopic (exact) mass is 232 g/mol. The molecule has 0 aliphatic rings. The van der Waals surface area contributed by atoms with Gasteiger partial charge in [-0.2, -0.15) is 0 Å². The zero-order chi connectivity index (χ0) is 12.3.